The van der Waals surface area contributed by atoms with Crippen molar-refractivity contribution in [1.29, 1.82) is 0 Å². The number of nitrogens with zero attached hydrogens (tertiary/aromatic N) is 2. The van der Waals surface area contributed by atoms with Crippen LogP contribution in [0.1, 0.15) is 38.3 Å². The van der Waals surface area contributed by atoms with Gasteiger partial charge in [-0.25, -0.2) is 8.42 Å². The van der Waals surface area contributed by atoms with Crippen molar-refractivity contribution in [3.63, 3.8) is 0 Å². The molecule has 3 aromatic rings. The number of anilines is 1. The average Bonchev–Trinajstić information content (AvgIpc) is 2.95. The maximum absolute atomic E-state index is 14.0. The van der Waals surface area contributed by atoms with Crippen molar-refractivity contribution < 1.29 is 22.7 Å². The highest BCUT2D eigenvalue weighted by molar-refractivity contribution is 9.10. The Labute approximate surface area is 255 Å². The van der Waals surface area contributed by atoms with Crippen LogP contribution in [-0.4, -0.2) is 50.9 Å². The van der Waals surface area contributed by atoms with E-state index < -0.39 is 28.5 Å². The molecule has 41 heavy (non-hydrogen) atoms. The Morgan fingerprint density at radius 1 is 1.02 bits per heavy atom. The highest BCUT2D eigenvalue weighted by Crippen LogP contribution is 2.32. The molecule has 0 aliphatic heterocycles. The molecule has 2 atom stereocenters. The SMILES string of the molecule is CCC(C)NC(=O)C(C)N(Cc1ccc(Br)cc1)C(=O)CN(c1ccc(OC)c(Cl)c1)S(=O)(=O)c1ccc(C)cc1. The quantitative estimate of drug-likeness (QED) is 0.258. The minimum Gasteiger partial charge on any atom is -0.495 e. The molecule has 8 nitrogen and oxygen atoms in total. The third-order valence-electron chi connectivity index (χ3n) is 6.75. The number of hydrogen-bond acceptors (Lipinski definition) is 5. The van der Waals surface area contributed by atoms with Crippen LogP contribution >= 0.6 is 27.5 Å². The third kappa shape index (κ3) is 8.24. The molecule has 1 N–H and O–H groups in total. The zero-order chi connectivity index (χ0) is 30.3. The van der Waals surface area contributed by atoms with Crippen molar-refractivity contribution >= 4 is 55.1 Å². The summed E-state index contributed by atoms with van der Waals surface area (Å²) in [6, 6.07) is 17.3. The van der Waals surface area contributed by atoms with E-state index in [2.05, 4.69) is 21.2 Å². The largest absolute Gasteiger partial charge is 0.495 e. The molecule has 3 rings (SSSR count). The average molecular weight is 665 g/mol. The molecular formula is C30H35BrClN3O5S. The molecule has 0 radical (unpaired) electrons. The third-order valence-corrected chi connectivity index (χ3v) is 9.36. The molecule has 0 heterocycles. The molecule has 3 aromatic carbocycles. The lowest BCUT2D eigenvalue weighted by Crippen LogP contribution is -2.52. The van der Waals surface area contributed by atoms with Crippen LogP contribution in [0.25, 0.3) is 0 Å². The lowest BCUT2D eigenvalue weighted by atomic mass is 10.1. The number of halogens is 2. The zero-order valence-corrected chi connectivity index (χ0v) is 26.9. The maximum atomic E-state index is 14.0. The first-order chi connectivity index (χ1) is 19.4. The van der Waals surface area contributed by atoms with Crippen LogP contribution in [0.2, 0.25) is 5.02 Å². The van der Waals surface area contributed by atoms with Gasteiger partial charge in [0, 0.05) is 17.1 Å². The van der Waals surface area contributed by atoms with Crippen LogP contribution in [0.3, 0.4) is 0 Å². The monoisotopic (exact) mass is 663 g/mol. The second kappa shape index (κ2) is 14.2. The fourth-order valence-electron chi connectivity index (χ4n) is 4.01. The van der Waals surface area contributed by atoms with Gasteiger partial charge in [0.1, 0.15) is 18.3 Å². The van der Waals surface area contributed by atoms with E-state index in [1.165, 1.54) is 36.3 Å². The number of aryl methyl sites for hydroxylation is 1. The van der Waals surface area contributed by atoms with E-state index in [0.717, 1.165) is 26.3 Å². The summed E-state index contributed by atoms with van der Waals surface area (Å²) in [7, 11) is -2.75. The van der Waals surface area contributed by atoms with Gasteiger partial charge in [-0.2, -0.15) is 0 Å². The summed E-state index contributed by atoms with van der Waals surface area (Å²) in [6.07, 6.45) is 0.722. The van der Waals surface area contributed by atoms with Gasteiger partial charge in [0.2, 0.25) is 11.8 Å². The molecule has 11 heteroatoms. The summed E-state index contributed by atoms with van der Waals surface area (Å²) in [5.74, 6) is -0.519. The fourth-order valence-corrected chi connectivity index (χ4v) is 5.93. The van der Waals surface area contributed by atoms with Crippen LogP contribution in [-0.2, 0) is 26.2 Å². The molecule has 2 unspecified atom stereocenters. The molecule has 0 aromatic heterocycles. The van der Waals surface area contributed by atoms with Crippen molar-refractivity contribution in [2.45, 2.75) is 57.6 Å². The van der Waals surface area contributed by atoms with Gasteiger partial charge in [0.15, 0.2) is 0 Å². The van der Waals surface area contributed by atoms with E-state index >= 15 is 0 Å². The van der Waals surface area contributed by atoms with Crippen LogP contribution in [0.15, 0.2) is 76.1 Å². The van der Waals surface area contributed by atoms with Gasteiger partial charge < -0.3 is 15.0 Å². The Balaban J connectivity index is 2.06. The maximum Gasteiger partial charge on any atom is 0.264 e. The second-order valence-corrected chi connectivity index (χ2v) is 13.0. The van der Waals surface area contributed by atoms with Crippen LogP contribution in [0.4, 0.5) is 5.69 Å². The van der Waals surface area contributed by atoms with Gasteiger partial charge in [-0.05, 0) is 75.2 Å². The minimum absolute atomic E-state index is 0.0184. The number of benzene rings is 3. The number of hydrogen-bond donors (Lipinski definition) is 1. The normalized spacial score (nSPS) is 12.8. The first-order valence-corrected chi connectivity index (χ1v) is 15.8. The zero-order valence-electron chi connectivity index (χ0n) is 23.7. The van der Waals surface area contributed by atoms with Crippen molar-refractivity contribution in [3.8, 4) is 5.75 Å². The van der Waals surface area contributed by atoms with Crippen molar-refractivity contribution in [1.82, 2.24) is 10.2 Å². The smallest absolute Gasteiger partial charge is 0.264 e. The number of rotatable bonds is 12. The van der Waals surface area contributed by atoms with E-state index in [-0.39, 0.29) is 34.1 Å². The molecule has 0 spiro atoms. The Kier molecular flexibility index (Phi) is 11.2. The predicted octanol–water partition coefficient (Wildman–Crippen LogP) is 5.95. The van der Waals surface area contributed by atoms with Gasteiger partial charge in [-0.1, -0.05) is 64.3 Å². The molecule has 0 aliphatic rings. The molecular weight excluding hydrogens is 630 g/mol. The van der Waals surface area contributed by atoms with Gasteiger partial charge in [-0.3, -0.25) is 13.9 Å². The van der Waals surface area contributed by atoms with Gasteiger partial charge in [-0.15, -0.1) is 0 Å². The van der Waals surface area contributed by atoms with Crippen molar-refractivity contribution in [3.05, 3.63) is 87.4 Å². The lowest BCUT2D eigenvalue weighted by molar-refractivity contribution is -0.139. The Morgan fingerprint density at radius 2 is 1.66 bits per heavy atom. The van der Waals surface area contributed by atoms with Gasteiger partial charge >= 0.3 is 0 Å². The van der Waals surface area contributed by atoms with E-state index in [1.54, 1.807) is 25.1 Å². The summed E-state index contributed by atoms with van der Waals surface area (Å²) < 4.78 is 35.0. The Morgan fingerprint density at radius 3 is 2.22 bits per heavy atom. The number of amides is 2. The number of sulfonamides is 1. The predicted molar refractivity (Wildman–Crippen MR) is 166 cm³/mol. The summed E-state index contributed by atoms with van der Waals surface area (Å²) in [5, 5.41) is 3.11. The highest BCUT2D eigenvalue weighted by Gasteiger charge is 2.33. The molecule has 0 bridgehead atoms. The number of nitrogens with one attached hydrogen (secondary N) is 1. The number of ether oxygens (including phenoxy) is 1. The van der Waals surface area contributed by atoms with Gasteiger partial charge in [0.25, 0.3) is 10.0 Å². The summed E-state index contributed by atoms with van der Waals surface area (Å²) in [4.78, 5) is 28.6. The first kappa shape index (κ1) is 32.4. The summed E-state index contributed by atoms with van der Waals surface area (Å²) >= 11 is 9.78. The van der Waals surface area contributed by atoms with E-state index in [9.17, 15) is 18.0 Å². The first-order valence-electron chi connectivity index (χ1n) is 13.1. The second-order valence-electron chi connectivity index (χ2n) is 9.79. The topological polar surface area (TPSA) is 96.0 Å². The summed E-state index contributed by atoms with van der Waals surface area (Å²) in [5.41, 5.74) is 1.86. The number of methoxy groups -OCH3 is 1. The van der Waals surface area contributed by atoms with E-state index in [4.69, 9.17) is 16.3 Å². The van der Waals surface area contributed by atoms with Crippen molar-refractivity contribution in [2.75, 3.05) is 18.0 Å². The van der Waals surface area contributed by atoms with Crippen LogP contribution in [0, 0.1) is 6.92 Å². The summed E-state index contributed by atoms with van der Waals surface area (Å²) in [6.45, 7) is 6.87. The van der Waals surface area contributed by atoms with Crippen LogP contribution in [0.5, 0.6) is 5.75 Å². The minimum atomic E-state index is -4.20. The highest BCUT2D eigenvalue weighted by atomic mass is 79.9. The molecule has 0 fully saturated rings. The standard InChI is InChI=1S/C30H35BrClN3O5S/c1-6-21(3)33-30(37)22(4)34(18-23-9-11-24(31)12-10-23)29(36)19-35(25-13-16-28(40-5)27(32)17-25)41(38,39)26-14-7-20(2)8-15-26/h7-17,21-22H,6,18-19H2,1-5H3,(H,33,37). The molecule has 0 aliphatic carbocycles. The van der Waals surface area contributed by atoms with E-state index in [0.29, 0.717) is 5.75 Å². The van der Waals surface area contributed by atoms with E-state index in [1.807, 2.05) is 45.0 Å². The fraction of sp³-hybridized carbons (Fsp3) is 0.333. The molecule has 0 saturated heterocycles. The molecule has 0 saturated carbocycles. The molecule has 220 valence electrons. The number of carbonyl (C=O) groups is 2. The lowest BCUT2D eigenvalue weighted by Gasteiger charge is -2.32. The van der Waals surface area contributed by atoms with Crippen molar-refractivity contribution in [2.24, 2.45) is 0 Å². The Bertz CT molecular complexity index is 1470. The molecule has 2 amide bonds. The number of carbonyl (C=O) groups excluding carboxylic acids is 2. The van der Waals surface area contributed by atoms with Gasteiger partial charge in [0.05, 0.1) is 22.7 Å². The van der Waals surface area contributed by atoms with Crippen LogP contribution < -0.4 is 14.4 Å². The Hall–Kier alpha value is -3.08.